The number of aryl methyl sites for hydroxylation is 1. The number of hydrogen-bond acceptors (Lipinski definition) is 3. The fourth-order valence-corrected chi connectivity index (χ4v) is 2.20. The van der Waals surface area contributed by atoms with Gasteiger partial charge in [0.2, 0.25) is 5.88 Å². The Morgan fingerprint density at radius 3 is 2.74 bits per heavy atom. The molecule has 6 heteroatoms. The van der Waals surface area contributed by atoms with Crippen molar-refractivity contribution in [1.82, 2.24) is 4.98 Å². The van der Waals surface area contributed by atoms with Gasteiger partial charge in [-0.1, -0.05) is 11.6 Å². The molecule has 0 radical (unpaired) electrons. The molecule has 0 amide bonds. The lowest BCUT2D eigenvalue weighted by Gasteiger charge is -2.09. The van der Waals surface area contributed by atoms with Gasteiger partial charge in [-0.3, -0.25) is 0 Å². The number of hydrogen-bond donors (Lipinski definition) is 1. The Hall–Kier alpha value is -1.59. The predicted molar refractivity (Wildman–Crippen MR) is 75.2 cm³/mol. The number of benzene rings is 1. The number of aromatic nitrogens is 1. The third-order valence-electron chi connectivity index (χ3n) is 2.40. The molecule has 19 heavy (non-hydrogen) atoms. The summed E-state index contributed by atoms with van der Waals surface area (Å²) in [5.41, 5.74) is 0.927. The minimum atomic E-state index is -0.972. The molecule has 0 aliphatic rings. The van der Waals surface area contributed by atoms with E-state index in [1.54, 1.807) is 25.1 Å². The van der Waals surface area contributed by atoms with Gasteiger partial charge in [-0.2, -0.15) is 0 Å². The standard InChI is InChI=1S/C13H9BrClNO3/c1-7-4-8(13(17)18)2-3-11(7)19-12-10(14)5-9(15)6-16-12/h2-6H,1H3,(H,17,18). The molecule has 0 bridgehead atoms. The number of carboxylic acid groups (broad SMARTS) is 1. The normalized spacial score (nSPS) is 10.3. The van der Waals surface area contributed by atoms with E-state index in [9.17, 15) is 4.79 Å². The van der Waals surface area contributed by atoms with E-state index >= 15 is 0 Å². The molecule has 0 fully saturated rings. The smallest absolute Gasteiger partial charge is 0.335 e. The monoisotopic (exact) mass is 341 g/mol. The molecule has 1 heterocycles. The molecule has 1 N–H and O–H groups in total. The highest BCUT2D eigenvalue weighted by Crippen LogP contribution is 2.31. The van der Waals surface area contributed by atoms with E-state index in [1.807, 2.05) is 0 Å². The van der Waals surface area contributed by atoms with Gasteiger partial charge in [-0.05, 0) is 52.7 Å². The molecule has 0 spiro atoms. The molecule has 98 valence electrons. The number of aromatic carboxylic acids is 1. The minimum absolute atomic E-state index is 0.216. The summed E-state index contributed by atoms with van der Waals surface area (Å²) in [6.07, 6.45) is 1.47. The molecule has 2 aromatic rings. The quantitative estimate of drug-likeness (QED) is 0.903. The summed E-state index contributed by atoms with van der Waals surface area (Å²) < 4.78 is 6.25. The van der Waals surface area contributed by atoms with Gasteiger partial charge < -0.3 is 9.84 Å². The van der Waals surface area contributed by atoms with Crippen molar-refractivity contribution < 1.29 is 14.6 Å². The topological polar surface area (TPSA) is 59.4 Å². The summed E-state index contributed by atoms with van der Waals surface area (Å²) in [4.78, 5) is 14.9. The number of rotatable bonds is 3. The number of pyridine rings is 1. The molecular weight excluding hydrogens is 334 g/mol. The third kappa shape index (κ3) is 3.24. The highest BCUT2D eigenvalue weighted by Gasteiger charge is 2.10. The Bertz CT molecular complexity index is 646. The summed E-state index contributed by atoms with van der Waals surface area (Å²) in [6, 6.07) is 6.29. The first-order chi connectivity index (χ1) is 8.97. The van der Waals surface area contributed by atoms with Crippen LogP contribution in [-0.2, 0) is 0 Å². The highest BCUT2D eigenvalue weighted by atomic mass is 79.9. The van der Waals surface area contributed by atoms with E-state index in [4.69, 9.17) is 21.4 Å². The van der Waals surface area contributed by atoms with Crippen LogP contribution in [0.1, 0.15) is 15.9 Å². The summed E-state index contributed by atoms with van der Waals surface area (Å²) >= 11 is 9.09. The van der Waals surface area contributed by atoms with Crippen molar-refractivity contribution in [2.75, 3.05) is 0 Å². The van der Waals surface area contributed by atoms with E-state index in [2.05, 4.69) is 20.9 Å². The fraction of sp³-hybridized carbons (Fsp3) is 0.0769. The lowest BCUT2D eigenvalue weighted by molar-refractivity contribution is 0.0697. The Labute approximate surface area is 123 Å². The van der Waals surface area contributed by atoms with Crippen LogP contribution in [0.25, 0.3) is 0 Å². The van der Waals surface area contributed by atoms with Crippen LogP contribution in [0.2, 0.25) is 5.02 Å². The fourth-order valence-electron chi connectivity index (χ4n) is 1.48. The predicted octanol–water partition coefficient (Wildman–Crippen LogP) is 4.30. The molecule has 0 aliphatic carbocycles. The first-order valence-electron chi connectivity index (χ1n) is 5.30. The van der Waals surface area contributed by atoms with Crippen LogP contribution < -0.4 is 4.74 Å². The van der Waals surface area contributed by atoms with Gasteiger partial charge >= 0.3 is 5.97 Å². The average Bonchev–Trinajstić information content (AvgIpc) is 2.34. The second kappa shape index (κ2) is 5.59. The van der Waals surface area contributed by atoms with E-state index < -0.39 is 5.97 Å². The zero-order valence-electron chi connectivity index (χ0n) is 9.85. The van der Waals surface area contributed by atoms with Crippen molar-refractivity contribution in [1.29, 1.82) is 0 Å². The molecule has 0 aliphatic heterocycles. The van der Waals surface area contributed by atoms with E-state index in [0.29, 0.717) is 26.7 Å². The van der Waals surface area contributed by atoms with Crippen LogP contribution in [-0.4, -0.2) is 16.1 Å². The van der Waals surface area contributed by atoms with Crippen LogP contribution in [0.3, 0.4) is 0 Å². The van der Waals surface area contributed by atoms with Gasteiger partial charge in [-0.25, -0.2) is 9.78 Å². The van der Waals surface area contributed by atoms with Crippen molar-refractivity contribution in [3.05, 3.63) is 51.1 Å². The zero-order valence-corrected chi connectivity index (χ0v) is 12.2. The van der Waals surface area contributed by atoms with Crippen molar-refractivity contribution in [3.8, 4) is 11.6 Å². The summed E-state index contributed by atoms with van der Waals surface area (Å²) in [7, 11) is 0. The summed E-state index contributed by atoms with van der Waals surface area (Å²) in [5.74, 6) is -0.0588. The first-order valence-corrected chi connectivity index (χ1v) is 6.47. The molecule has 0 unspecified atom stereocenters. The molecule has 0 atom stereocenters. The van der Waals surface area contributed by atoms with Crippen molar-refractivity contribution >= 4 is 33.5 Å². The molecule has 1 aromatic carbocycles. The lowest BCUT2D eigenvalue weighted by atomic mass is 10.1. The van der Waals surface area contributed by atoms with Crippen molar-refractivity contribution in [2.24, 2.45) is 0 Å². The second-order valence-corrected chi connectivity index (χ2v) is 5.12. The molecule has 1 aromatic heterocycles. The van der Waals surface area contributed by atoms with Gasteiger partial charge in [0.05, 0.1) is 15.1 Å². The number of halogens is 2. The SMILES string of the molecule is Cc1cc(C(=O)O)ccc1Oc1ncc(Cl)cc1Br. The van der Waals surface area contributed by atoms with Crippen LogP contribution in [0.15, 0.2) is 34.9 Å². The van der Waals surface area contributed by atoms with Crippen molar-refractivity contribution in [2.45, 2.75) is 6.92 Å². The second-order valence-electron chi connectivity index (χ2n) is 3.83. The van der Waals surface area contributed by atoms with Crippen LogP contribution in [0.4, 0.5) is 0 Å². The third-order valence-corrected chi connectivity index (χ3v) is 3.18. The maximum atomic E-state index is 10.8. The van der Waals surface area contributed by atoms with Gasteiger partial charge in [0, 0.05) is 6.20 Å². The Balaban J connectivity index is 2.31. The Kier molecular flexibility index (Phi) is 4.07. The molecular formula is C13H9BrClNO3. The van der Waals surface area contributed by atoms with Gasteiger partial charge in [0.1, 0.15) is 5.75 Å². The number of nitrogens with zero attached hydrogens (tertiary/aromatic N) is 1. The number of carboxylic acids is 1. The number of ether oxygens (including phenoxy) is 1. The van der Waals surface area contributed by atoms with Gasteiger partial charge in [0.15, 0.2) is 0 Å². The van der Waals surface area contributed by atoms with E-state index in [0.717, 1.165) is 0 Å². The average molecular weight is 343 g/mol. The maximum absolute atomic E-state index is 10.8. The molecule has 0 saturated heterocycles. The van der Waals surface area contributed by atoms with E-state index in [1.165, 1.54) is 12.3 Å². The first kappa shape index (κ1) is 13.8. The summed E-state index contributed by atoms with van der Waals surface area (Å²) in [6.45, 7) is 1.77. The molecule has 0 saturated carbocycles. The zero-order chi connectivity index (χ0) is 14.0. The minimum Gasteiger partial charge on any atom is -0.478 e. The molecule has 4 nitrogen and oxygen atoms in total. The van der Waals surface area contributed by atoms with Gasteiger partial charge in [-0.15, -0.1) is 0 Å². The molecule has 2 rings (SSSR count). The van der Waals surface area contributed by atoms with E-state index in [-0.39, 0.29) is 5.56 Å². The summed E-state index contributed by atoms with van der Waals surface area (Å²) in [5, 5.41) is 9.39. The van der Waals surface area contributed by atoms with Crippen LogP contribution in [0, 0.1) is 6.92 Å². The lowest BCUT2D eigenvalue weighted by Crippen LogP contribution is -1.98. The maximum Gasteiger partial charge on any atom is 0.335 e. The van der Waals surface area contributed by atoms with Crippen LogP contribution >= 0.6 is 27.5 Å². The number of carbonyl (C=O) groups is 1. The highest BCUT2D eigenvalue weighted by molar-refractivity contribution is 9.10. The Morgan fingerprint density at radius 2 is 2.16 bits per heavy atom. The van der Waals surface area contributed by atoms with Gasteiger partial charge in [0.25, 0.3) is 0 Å². The van der Waals surface area contributed by atoms with Crippen LogP contribution in [0.5, 0.6) is 11.6 Å². The van der Waals surface area contributed by atoms with Crippen molar-refractivity contribution in [3.63, 3.8) is 0 Å². The Morgan fingerprint density at radius 1 is 1.42 bits per heavy atom. The largest absolute Gasteiger partial charge is 0.478 e.